The monoisotopic (exact) mass is 465 g/mol. The van der Waals surface area contributed by atoms with Crippen molar-refractivity contribution in [3.05, 3.63) is 114 Å². The van der Waals surface area contributed by atoms with Crippen molar-refractivity contribution in [1.82, 2.24) is 9.97 Å². The van der Waals surface area contributed by atoms with Gasteiger partial charge < -0.3 is 5.32 Å². The van der Waals surface area contributed by atoms with Crippen molar-refractivity contribution in [2.45, 2.75) is 13.3 Å². The molecule has 3 aromatic carbocycles. The molecule has 0 spiro atoms. The number of nitrogens with zero attached hydrogens (tertiary/aromatic N) is 2. The van der Waals surface area contributed by atoms with E-state index < -0.39 is 0 Å². The summed E-state index contributed by atoms with van der Waals surface area (Å²) in [6.07, 6.45) is 2.76. The summed E-state index contributed by atoms with van der Waals surface area (Å²) in [7, 11) is 0. The predicted octanol–water partition coefficient (Wildman–Crippen LogP) is 7.64. The SMILES string of the molecule is Cc1cccc(-c2nc(-c3ccc(F)cc3)sc2-c2ccnc(NCCc3ccccc3)c2)c1. The van der Waals surface area contributed by atoms with E-state index in [2.05, 4.69) is 71.8 Å². The quantitative estimate of drug-likeness (QED) is 0.268. The van der Waals surface area contributed by atoms with Crippen LogP contribution in [0.5, 0.6) is 0 Å². The molecule has 0 aliphatic rings. The average molecular weight is 466 g/mol. The maximum Gasteiger partial charge on any atom is 0.126 e. The van der Waals surface area contributed by atoms with Gasteiger partial charge in [-0.1, -0.05) is 54.1 Å². The van der Waals surface area contributed by atoms with Crippen LogP contribution < -0.4 is 5.32 Å². The molecule has 0 saturated carbocycles. The molecule has 5 aromatic rings. The lowest BCUT2D eigenvalue weighted by atomic mass is 10.1. The summed E-state index contributed by atoms with van der Waals surface area (Å²) < 4.78 is 13.5. The Kier molecular flexibility index (Phi) is 6.45. The van der Waals surface area contributed by atoms with E-state index in [9.17, 15) is 4.39 Å². The van der Waals surface area contributed by atoms with Crippen molar-refractivity contribution in [2.24, 2.45) is 0 Å². The van der Waals surface area contributed by atoms with Gasteiger partial charge in [0.2, 0.25) is 0 Å². The highest BCUT2D eigenvalue weighted by Crippen LogP contribution is 2.41. The van der Waals surface area contributed by atoms with Crippen molar-refractivity contribution < 1.29 is 4.39 Å². The smallest absolute Gasteiger partial charge is 0.126 e. The van der Waals surface area contributed by atoms with Crippen LogP contribution in [0.2, 0.25) is 0 Å². The number of aryl methyl sites for hydroxylation is 1. The largest absolute Gasteiger partial charge is 0.370 e. The highest BCUT2D eigenvalue weighted by Gasteiger charge is 2.17. The highest BCUT2D eigenvalue weighted by molar-refractivity contribution is 7.19. The first-order chi connectivity index (χ1) is 16.7. The zero-order chi connectivity index (χ0) is 23.3. The highest BCUT2D eigenvalue weighted by atomic mass is 32.1. The number of rotatable bonds is 7. The molecule has 5 rings (SSSR count). The maximum absolute atomic E-state index is 13.5. The average Bonchev–Trinajstić information content (AvgIpc) is 3.31. The Hall–Kier alpha value is -3.83. The van der Waals surface area contributed by atoms with Gasteiger partial charge in [-0.25, -0.2) is 14.4 Å². The summed E-state index contributed by atoms with van der Waals surface area (Å²) in [5.41, 5.74) is 6.42. The van der Waals surface area contributed by atoms with Gasteiger partial charge >= 0.3 is 0 Å². The van der Waals surface area contributed by atoms with Crippen LogP contribution in [0.4, 0.5) is 10.2 Å². The summed E-state index contributed by atoms with van der Waals surface area (Å²) in [5, 5.41) is 4.31. The molecule has 168 valence electrons. The third-order valence-electron chi connectivity index (χ3n) is 5.59. The van der Waals surface area contributed by atoms with Gasteiger partial charge in [0.1, 0.15) is 16.6 Å². The van der Waals surface area contributed by atoms with Crippen molar-refractivity contribution in [2.75, 3.05) is 11.9 Å². The number of nitrogens with one attached hydrogen (secondary N) is 1. The lowest BCUT2D eigenvalue weighted by molar-refractivity contribution is 0.628. The normalized spacial score (nSPS) is 10.9. The van der Waals surface area contributed by atoms with Crippen LogP contribution in [0.15, 0.2) is 97.2 Å². The van der Waals surface area contributed by atoms with Gasteiger partial charge in [-0.15, -0.1) is 11.3 Å². The Morgan fingerprint density at radius 2 is 1.65 bits per heavy atom. The van der Waals surface area contributed by atoms with E-state index in [1.165, 1.54) is 23.3 Å². The summed E-state index contributed by atoms with van der Waals surface area (Å²) in [4.78, 5) is 10.6. The van der Waals surface area contributed by atoms with Crippen LogP contribution in [-0.2, 0) is 6.42 Å². The first kappa shape index (κ1) is 22.0. The Balaban J connectivity index is 1.48. The summed E-state index contributed by atoms with van der Waals surface area (Å²) >= 11 is 1.61. The van der Waals surface area contributed by atoms with Gasteiger partial charge in [-0.2, -0.15) is 0 Å². The van der Waals surface area contributed by atoms with Crippen molar-refractivity contribution in [3.63, 3.8) is 0 Å². The minimum Gasteiger partial charge on any atom is -0.370 e. The molecule has 0 saturated heterocycles. The number of benzene rings is 3. The lowest BCUT2D eigenvalue weighted by Gasteiger charge is -2.08. The van der Waals surface area contributed by atoms with E-state index in [4.69, 9.17) is 4.98 Å². The molecule has 1 N–H and O–H groups in total. The minimum absolute atomic E-state index is 0.250. The van der Waals surface area contributed by atoms with Crippen LogP contribution in [0.1, 0.15) is 11.1 Å². The zero-order valence-electron chi connectivity index (χ0n) is 18.8. The Morgan fingerprint density at radius 3 is 2.44 bits per heavy atom. The van der Waals surface area contributed by atoms with E-state index in [0.717, 1.165) is 51.1 Å². The van der Waals surface area contributed by atoms with Gasteiger partial charge in [0.15, 0.2) is 0 Å². The second kappa shape index (κ2) is 9.98. The number of pyridine rings is 1. The van der Waals surface area contributed by atoms with E-state index >= 15 is 0 Å². The van der Waals surface area contributed by atoms with Crippen LogP contribution in [0, 0.1) is 12.7 Å². The Bertz CT molecular complexity index is 1390. The zero-order valence-corrected chi connectivity index (χ0v) is 19.6. The van der Waals surface area contributed by atoms with Crippen LogP contribution in [-0.4, -0.2) is 16.5 Å². The van der Waals surface area contributed by atoms with Crippen molar-refractivity contribution in [3.8, 4) is 32.3 Å². The standard InChI is InChI=1S/C29H24FN3S/c1-20-6-5-9-23(18-20)27-28(34-29(33-27)22-10-12-25(30)13-11-22)24-15-17-32-26(19-24)31-16-14-21-7-3-2-4-8-21/h2-13,15,17-19H,14,16H2,1H3,(H,31,32). The molecule has 0 aliphatic heterocycles. The van der Waals surface area contributed by atoms with E-state index in [0.29, 0.717) is 0 Å². The molecule has 2 aromatic heterocycles. The molecule has 0 aliphatic carbocycles. The fourth-order valence-corrected chi connectivity index (χ4v) is 4.96. The fourth-order valence-electron chi connectivity index (χ4n) is 3.87. The maximum atomic E-state index is 13.5. The van der Waals surface area contributed by atoms with Gasteiger partial charge in [0.05, 0.1) is 10.6 Å². The first-order valence-electron chi connectivity index (χ1n) is 11.2. The van der Waals surface area contributed by atoms with Crippen LogP contribution in [0.25, 0.3) is 32.3 Å². The van der Waals surface area contributed by atoms with Gasteiger partial charge in [-0.05, 0) is 66.9 Å². The summed E-state index contributed by atoms with van der Waals surface area (Å²) in [6, 6.07) is 29.4. The molecule has 2 heterocycles. The second-order valence-electron chi connectivity index (χ2n) is 8.17. The Morgan fingerprint density at radius 1 is 0.824 bits per heavy atom. The molecular formula is C29H24FN3S. The summed E-state index contributed by atoms with van der Waals surface area (Å²) in [6.45, 7) is 2.88. The molecule has 0 unspecified atom stereocenters. The molecule has 0 radical (unpaired) electrons. The van der Waals surface area contributed by atoms with Crippen molar-refractivity contribution in [1.29, 1.82) is 0 Å². The number of hydrogen-bond acceptors (Lipinski definition) is 4. The fraction of sp³-hybridized carbons (Fsp3) is 0.103. The number of aromatic nitrogens is 2. The number of halogens is 1. The van der Waals surface area contributed by atoms with Crippen LogP contribution in [0.3, 0.4) is 0 Å². The van der Waals surface area contributed by atoms with Crippen molar-refractivity contribution >= 4 is 17.2 Å². The second-order valence-corrected chi connectivity index (χ2v) is 9.16. The third-order valence-corrected chi connectivity index (χ3v) is 6.75. The number of anilines is 1. The Labute approximate surface area is 203 Å². The molecule has 3 nitrogen and oxygen atoms in total. The third kappa shape index (κ3) is 5.05. The lowest BCUT2D eigenvalue weighted by Crippen LogP contribution is -2.06. The van der Waals surface area contributed by atoms with Crippen LogP contribution >= 0.6 is 11.3 Å². The molecular weight excluding hydrogens is 441 g/mol. The minimum atomic E-state index is -0.250. The summed E-state index contributed by atoms with van der Waals surface area (Å²) in [5.74, 6) is 0.583. The molecule has 34 heavy (non-hydrogen) atoms. The molecule has 0 fully saturated rings. The molecule has 0 atom stereocenters. The number of hydrogen-bond donors (Lipinski definition) is 1. The predicted molar refractivity (Wildman–Crippen MR) is 140 cm³/mol. The van der Waals surface area contributed by atoms with E-state index in [1.807, 2.05) is 18.3 Å². The topological polar surface area (TPSA) is 37.8 Å². The van der Waals surface area contributed by atoms with Gasteiger partial charge in [-0.3, -0.25) is 0 Å². The molecule has 0 bridgehead atoms. The first-order valence-corrected chi connectivity index (χ1v) is 12.1. The van der Waals surface area contributed by atoms with E-state index in [1.54, 1.807) is 23.5 Å². The molecule has 0 amide bonds. The van der Waals surface area contributed by atoms with E-state index in [-0.39, 0.29) is 5.82 Å². The molecule has 5 heteroatoms. The van der Waals surface area contributed by atoms with Gasteiger partial charge in [0.25, 0.3) is 0 Å². The number of thiazole rings is 1. The van der Waals surface area contributed by atoms with Gasteiger partial charge in [0, 0.05) is 23.9 Å².